The van der Waals surface area contributed by atoms with Gasteiger partial charge in [0.2, 0.25) is 0 Å². The van der Waals surface area contributed by atoms with Gasteiger partial charge in [-0.2, -0.15) is 0 Å². The standard InChI is InChI=1S/C21H34N4O.HI/c1-17-3-9-20(10-4-17)24-21(22-2)23-15-18-5-7-19(8-6-18)16-25-11-13-26-14-12-25;/h5-8,17,20H,3-4,9-16H2,1-2H3,(H2,22,23,24);1H. The van der Waals surface area contributed by atoms with E-state index in [2.05, 4.69) is 51.7 Å². The quantitative estimate of drug-likeness (QED) is 0.381. The summed E-state index contributed by atoms with van der Waals surface area (Å²) in [6.45, 7) is 7.95. The highest BCUT2D eigenvalue weighted by Gasteiger charge is 2.18. The molecule has 0 amide bonds. The van der Waals surface area contributed by atoms with Crippen molar-refractivity contribution in [2.24, 2.45) is 10.9 Å². The highest BCUT2D eigenvalue weighted by atomic mass is 127. The number of benzene rings is 1. The lowest BCUT2D eigenvalue weighted by molar-refractivity contribution is 0.0342. The van der Waals surface area contributed by atoms with Crippen LogP contribution >= 0.6 is 24.0 Å². The Labute approximate surface area is 181 Å². The summed E-state index contributed by atoms with van der Waals surface area (Å²) in [6, 6.07) is 9.49. The first-order chi connectivity index (χ1) is 12.7. The number of morpholine rings is 1. The molecule has 1 saturated heterocycles. The molecule has 0 aromatic heterocycles. The highest BCUT2D eigenvalue weighted by molar-refractivity contribution is 14.0. The summed E-state index contributed by atoms with van der Waals surface area (Å²) in [5.74, 6) is 1.79. The van der Waals surface area contributed by atoms with E-state index in [0.717, 1.165) is 51.3 Å². The van der Waals surface area contributed by atoms with Crippen LogP contribution in [0.15, 0.2) is 29.3 Å². The molecule has 0 radical (unpaired) electrons. The first-order valence-electron chi connectivity index (χ1n) is 10.1. The van der Waals surface area contributed by atoms with Crippen molar-refractivity contribution in [1.82, 2.24) is 15.5 Å². The summed E-state index contributed by atoms with van der Waals surface area (Å²) in [7, 11) is 1.85. The van der Waals surface area contributed by atoms with Gasteiger partial charge in [0.25, 0.3) is 0 Å². The van der Waals surface area contributed by atoms with E-state index in [-0.39, 0.29) is 24.0 Å². The molecule has 6 heteroatoms. The fourth-order valence-corrected chi connectivity index (χ4v) is 3.76. The van der Waals surface area contributed by atoms with Crippen LogP contribution in [0.5, 0.6) is 0 Å². The maximum absolute atomic E-state index is 5.41. The minimum absolute atomic E-state index is 0. The third-order valence-electron chi connectivity index (χ3n) is 5.57. The molecule has 27 heavy (non-hydrogen) atoms. The van der Waals surface area contributed by atoms with E-state index in [9.17, 15) is 0 Å². The highest BCUT2D eigenvalue weighted by Crippen LogP contribution is 2.23. The molecule has 5 nitrogen and oxygen atoms in total. The van der Waals surface area contributed by atoms with Gasteiger partial charge in [-0.15, -0.1) is 24.0 Å². The molecule has 0 spiro atoms. The number of nitrogens with zero attached hydrogens (tertiary/aromatic N) is 2. The van der Waals surface area contributed by atoms with Gasteiger partial charge in [0.05, 0.1) is 13.2 Å². The number of hydrogen-bond acceptors (Lipinski definition) is 3. The topological polar surface area (TPSA) is 48.9 Å². The van der Waals surface area contributed by atoms with E-state index in [1.54, 1.807) is 0 Å². The van der Waals surface area contributed by atoms with Crippen LogP contribution in [0.2, 0.25) is 0 Å². The van der Waals surface area contributed by atoms with Crippen LogP contribution in [0.25, 0.3) is 0 Å². The number of aliphatic imine (C=N–C) groups is 1. The largest absolute Gasteiger partial charge is 0.379 e. The number of ether oxygens (including phenoxy) is 1. The van der Waals surface area contributed by atoms with Gasteiger partial charge >= 0.3 is 0 Å². The molecule has 1 aromatic rings. The molecule has 1 aliphatic heterocycles. The van der Waals surface area contributed by atoms with E-state index in [1.807, 2.05) is 7.05 Å². The van der Waals surface area contributed by atoms with Gasteiger partial charge in [0.15, 0.2) is 5.96 Å². The lowest BCUT2D eigenvalue weighted by Crippen LogP contribution is -2.44. The van der Waals surface area contributed by atoms with Crippen molar-refractivity contribution in [2.45, 2.75) is 51.7 Å². The molecule has 1 aliphatic carbocycles. The van der Waals surface area contributed by atoms with Gasteiger partial charge in [-0.1, -0.05) is 31.2 Å². The Morgan fingerprint density at radius 3 is 2.33 bits per heavy atom. The van der Waals surface area contributed by atoms with Crippen LogP contribution in [0.1, 0.15) is 43.7 Å². The third-order valence-corrected chi connectivity index (χ3v) is 5.57. The summed E-state index contributed by atoms with van der Waals surface area (Å²) in [6.07, 6.45) is 5.13. The van der Waals surface area contributed by atoms with Crippen molar-refractivity contribution in [1.29, 1.82) is 0 Å². The van der Waals surface area contributed by atoms with Gasteiger partial charge in [0, 0.05) is 39.3 Å². The zero-order chi connectivity index (χ0) is 18.2. The van der Waals surface area contributed by atoms with Gasteiger partial charge in [0.1, 0.15) is 0 Å². The average molecular weight is 486 g/mol. The number of hydrogen-bond donors (Lipinski definition) is 2. The molecule has 2 N–H and O–H groups in total. The molecule has 2 fully saturated rings. The first kappa shape index (κ1) is 22.4. The Balaban J connectivity index is 0.00000261. The Hall–Kier alpha value is -0.860. The fourth-order valence-electron chi connectivity index (χ4n) is 3.76. The molecule has 2 aliphatic rings. The molecule has 1 aromatic carbocycles. The second-order valence-electron chi connectivity index (χ2n) is 7.73. The zero-order valence-electron chi connectivity index (χ0n) is 16.7. The summed E-state index contributed by atoms with van der Waals surface area (Å²) < 4.78 is 5.41. The van der Waals surface area contributed by atoms with Gasteiger partial charge in [-0.05, 0) is 42.7 Å². The molecule has 0 atom stereocenters. The molecule has 1 saturated carbocycles. The predicted molar refractivity (Wildman–Crippen MR) is 123 cm³/mol. The van der Waals surface area contributed by atoms with Crippen LogP contribution in [0, 0.1) is 5.92 Å². The van der Waals surface area contributed by atoms with Crippen molar-refractivity contribution in [3.05, 3.63) is 35.4 Å². The summed E-state index contributed by atoms with van der Waals surface area (Å²) >= 11 is 0. The molecule has 3 rings (SSSR count). The van der Waals surface area contributed by atoms with Crippen LogP contribution in [0.4, 0.5) is 0 Å². The SMILES string of the molecule is CN=C(NCc1ccc(CN2CCOCC2)cc1)NC1CCC(C)CC1.I. The van der Waals surface area contributed by atoms with Crippen LogP contribution in [-0.2, 0) is 17.8 Å². The van der Waals surface area contributed by atoms with Gasteiger partial charge in [-0.3, -0.25) is 9.89 Å². The van der Waals surface area contributed by atoms with Crippen molar-refractivity contribution in [3.63, 3.8) is 0 Å². The fraction of sp³-hybridized carbons (Fsp3) is 0.667. The average Bonchev–Trinajstić information content (AvgIpc) is 2.68. The predicted octanol–water partition coefficient (Wildman–Crippen LogP) is 3.38. The number of guanidine groups is 1. The summed E-state index contributed by atoms with van der Waals surface area (Å²) in [4.78, 5) is 6.84. The van der Waals surface area contributed by atoms with Crippen molar-refractivity contribution < 1.29 is 4.74 Å². The number of nitrogens with one attached hydrogen (secondary N) is 2. The van der Waals surface area contributed by atoms with Crippen LogP contribution in [-0.4, -0.2) is 50.3 Å². The Morgan fingerprint density at radius 1 is 1.07 bits per heavy atom. The van der Waals surface area contributed by atoms with E-state index >= 15 is 0 Å². The molecule has 152 valence electrons. The minimum Gasteiger partial charge on any atom is -0.379 e. The monoisotopic (exact) mass is 486 g/mol. The number of halogens is 1. The third kappa shape index (κ3) is 7.58. The van der Waals surface area contributed by atoms with E-state index < -0.39 is 0 Å². The van der Waals surface area contributed by atoms with E-state index in [1.165, 1.54) is 36.8 Å². The van der Waals surface area contributed by atoms with E-state index in [4.69, 9.17) is 4.74 Å². The Bertz CT molecular complexity index is 564. The molecule has 0 bridgehead atoms. The van der Waals surface area contributed by atoms with Gasteiger partial charge in [-0.25, -0.2) is 0 Å². The second-order valence-corrected chi connectivity index (χ2v) is 7.73. The minimum atomic E-state index is 0. The summed E-state index contributed by atoms with van der Waals surface area (Å²) in [5.41, 5.74) is 2.66. The van der Waals surface area contributed by atoms with Crippen LogP contribution < -0.4 is 10.6 Å². The Kier molecular flexibility index (Phi) is 9.86. The summed E-state index contributed by atoms with van der Waals surface area (Å²) in [5, 5.41) is 7.04. The number of rotatable bonds is 5. The maximum Gasteiger partial charge on any atom is 0.191 e. The zero-order valence-corrected chi connectivity index (χ0v) is 19.1. The van der Waals surface area contributed by atoms with Gasteiger partial charge < -0.3 is 15.4 Å². The maximum atomic E-state index is 5.41. The second kappa shape index (κ2) is 11.9. The van der Waals surface area contributed by atoms with Crippen molar-refractivity contribution in [2.75, 3.05) is 33.4 Å². The lowest BCUT2D eigenvalue weighted by Gasteiger charge is -2.28. The van der Waals surface area contributed by atoms with E-state index in [0.29, 0.717) is 6.04 Å². The lowest BCUT2D eigenvalue weighted by atomic mass is 9.87. The molecular weight excluding hydrogens is 451 g/mol. The van der Waals surface area contributed by atoms with Crippen molar-refractivity contribution >= 4 is 29.9 Å². The Morgan fingerprint density at radius 2 is 1.70 bits per heavy atom. The smallest absolute Gasteiger partial charge is 0.191 e. The van der Waals surface area contributed by atoms with Crippen molar-refractivity contribution in [3.8, 4) is 0 Å². The van der Waals surface area contributed by atoms with Crippen LogP contribution in [0.3, 0.4) is 0 Å². The first-order valence-corrected chi connectivity index (χ1v) is 10.1. The normalized spacial score (nSPS) is 24.1. The molecule has 1 heterocycles. The molecular formula is C21H35IN4O. The molecule has 0 unspecified atom stereocenters.